The molecule has 0 aliphatic carbocycles. The first-order valence-corrected chi connectivity index (χ1v) is 7.29. The zero-order valence-electron chi connectivity index (χ0n) is 14.7. The summed E-state index contributed by atoms with van der Waals surface area (Å²) in [5, 5.41) is 6.27. The lowest BCUT2D eigenvalue weighted by Gasteiger charge is -2.15. The molecule has 8 heteroatoms. The van der Waals surface area contributed by atoms with Crippen LogP contribution in [0.15, 0.2) is 23.2 Å². The van der Waals surface area contributed by atoms with Crippen molar-refractivity contribution >= 4 is 35.9 Å². The van der Waals surface area contributed by atoms with Gasteiger partial charge in [0.25, 0.3) is 0 Å². The Bertz CT molecular complexity index is 552. The molecule has 1 aromatic rings. The Morgan fingerprint density at radius 1 is 1.17 bits per heavy atom. The standard InChI is InChI=1S/C16H25N3O4.HI/c1-11(15(20)23-5)9-18-16(17-2)19-10-12-6-7-13(21-3)14(8-12)22-4;/h6-8,11H,9-10H2,1-5H3,(H2,17,18,19);1H. The van der Waals surface area contributed by atoms with E-state index >= 15 is 0 Å². The van der Waals surface area contributed by atoms with E-state index in [1.54, 1.807) is 28.2 Å². The van der Waals surface area contributed by atoms with Gasteiger partial charge in [0.05, 0.1) is 27.2 Å². The fourth-order valence-corrected chi connectivity index (χ4v) is 1.93. The summed E-state index contributed by atoms with van der Waals surface area (Å²) in [6, 6.07) is 5.69. The van der Waals surface area contributed by atoms with Crippen molar-refractivity contribution in [1.29, 1.82) is 0 Å². The number of rotatable bonds is 7. The van der Waals surface area contributed by atoms with Crippen LogP contribution in [0.3, 0.4) is 0 Å². The maximum absolute atomic E-state index is 11.4. The predicted molar refractivity (Wildman–Crippen MR) is 104 cm³/mol. The minimum atomic E-state index is -0.257. The molecule has 24 heavy (non-hydrogen) atoms. The molecule has 136 valence electrons. The molecule has 7 nitrogen and oxygen atoms in total. The summed E-state index contributed by atoms with van der Waals surface area (Å²) in [4.78, 5) is 15.5. The van der Waals surface area contributed by atoms with Crippen molar-refractivity contribution in [3.8, 4) is 11.5 Å². The van der Waals surface area contributed by atoms with Gasteiger partial charge in [-0.15, -0.1) is 24.0 Å². The van der Waals surface area contributed by atoms with Crippen LogP contribution < -0.4 is 20.1 Å². The number of carbonyl (C=O) groups excluding carboxylic acids is 1. The molecule has 0 bridgehead atoms. The van der Waals surface area contributed by atoms with Crippen molar-refractivity contribution in [2.45, 2.75) is 13.5 Å². The molecule has 0 heterocycles. The van der Waals surface area contributed by atoms with E-state index in [-0.39, 0.29) is 35.9 Å². The quantitative estimate of drug-likeness (QED) is 0.285. The second-order valence-electron chi connectivity index (χ2n) is 4.92. The van der Waals surface area contributed by atoms with Gasteiger partial charge in [-0.1, -0.05) is 13.0 Å². The van der Waals surface area contributed by atoms with Gasteiger partial charge in [0, 0.05) is 20.1 Å². The number of carbonyl (C=O) groups is 1. The van der Waals surface area contributed by atoms with Gasteiger partial charge >= 0.3 is 5.97 Å². The molecule has 0 aromatic heterocycles. The van der Waals surface area contributed by atoms with E-state index in [0.29, 0.717) is 30.5 Å². The molecule has 0 aliphatic rings. The maximum Gasteiger partial charge on any atom is 0.310 e. The monoisotopic (exact) mass is 451 g/mol. The van der Waals surface area contributed by atoms with E-state index in [4.69, 9.17) is 9.47 Å². The number of hydrogen-bond donors (Lipinski definition) is 2. The topological polar surface area (TPSA) is 81.2 Å². The number of nitrogens with one attached hydrogen (secondary N) is 2. The first-order chi connectivity index (χ1) is 11.0. The lowest BCUT2D eigenvalue weighted by molar-refractivity contribution is -0.144. The van der Waals surface area contributed by atoms with E-state index in [1.807, 2.05) is 18.2 Å². The van der Waals surface area contributed by atoms with Crippen molar-refractivity contribution in [2.75, 3.05) is 34.9 Å². The summed E-state index contributed by atoms with van der Waals surface area (Å²) >= 11 is 0. The summed E-state index contributed by atoms with van der Waals surface area (Å²) in [7, 11) is 6.25. The van der Waals surface area contributed by atoms with Gasteiger partial charge in [0.2, 0.25) is 0 Å². The molecule has 1 rings (SSSR count). The SMILES string of the molecule is CN=C(NCc1ccc(OC)c(OC)c1)NCC(C)C(=O)OC.I. The van der Waals surface area contributed by atoms with E-state index in [0.717, 1.165) is 5.56 Å². The zero-order valence-corrected chi connectivity index (χ0v) is 17.0. The molecule has 0 fully saturated rings. The zero-order chi connectivity index (χ0) is 17.2. The van der Waals surface area contributed by atoms with Crippen LogP contribution in [0.2, 0.25) is 0 Å². The van der Waals surface area contributed by atoms with Gasteiger partial charge in [-0.2, -0.15) is 0 Å². The van der Waals surface area contributed by atoms with Gasteiger partial charge in [0.1, 0.15) is 0 Å². The maximum atomic E-state index is 11.4. The van der Waals surface area contributed by atoms with Gasteiger partial charge in [-0.05, 0) is 17.7 Å². The number of esters is 1. The highest BCUT2D eigenvalue weighted by Gasteiger charge is 2.13. The Morgan fingerprint density at radius 2 is 1.83 bits per heavy atom. The van der Waals surface area contributed by atoms with E-state index in [2.05, 4.69) is 20.4 Å². The first kappa shape index (κ1) is 22.3. The van der Waals surface area contributed by atoms with Crippen LogP contribution in [0.5, 0.6) is 11.5 Å². The summed E-state index contributed by atoms with van der Waals surface area (Å²) < 4.78 is 15.2. The van der Waals surface area contributed by atoms with Crippen LogP contribution in [0.25, 0.3) is 0 Å². The molecule has 0 aliphatic heterocycles. The smallest absolute Gasteiger partial charge is 0.310 e. The summed E-state index contributed by atoms with van der Waals surface area (Å²) in [6.07, 6.45) is 0. The largest absolute Gasteiger partial charge is 0.493 e. The Kier molecular flexibility index (Phi) is 10.9. The van der Waals surface area contributed by atoms with E-state index < -0.39 is 0 Å². The minimum Gasteiger partial charge on any atom is -0.493 e. The van der Waals surface area contributed by atoms with E-state index in [1.165, 1.54) is 7.11 Å². The lowest BCUT2D eigenvalue weighted by atomic mass is 10.2. The average molecular weight is 451 g/mol. The van der Waals surface area contributed by atoms with Gasteiger partial charge in [0.15, 0.2) is 17.5 Å². The highest BCUT2D eigenvalue weighted by Crippen LogP contribution is 2.27. The third-order valence-electron chi connectivity index (χ3n) is 3.31. The molecular weight excluding hydrogens is 425 g/mol. The summed E-state index contributed by atoms with van der Waals surface area (Å²) in [5.41, 5.74) is 1.02. The summed E-state index contributed by atoms with van der Waals surface area (Å²) in [6.45, 7) is 2.80. The molecule has 1 aromatic carbocycles. The number of methoxy groups -OCH3 is 3. The van der Waals surface area contributed by atoms with Crippen molar-refractivity contribution in [3.63, 3.8) is 0 Å². The summed E-state index contributed by atoms with van der Waals surface area (Å²) in [5.74, 6) is 1.46. The van der Waals surface area contributed by atoms with Crippen molar-refractivity contribution in [2.24, 2.45) is 10.9 Å². The minimum absolute atomic E-state index is 0. The second-order valence-corrected chi connectivity index (χ2v) is 4.92. The van der Waals surface area contributed by atoms with Crippen molar-refractivity contribution < 1.29 is 19.0 Å². The highest BCUT2D eigenvalue weighted by molar-refractivity contribution is 14.0. The number of hydrogen-bond acceptors (Lipinski definition) is 5. The third-order valence-corrected chi connectivity index (χ3v) is 3.31. The molecule has 1 unspecified atom stereocenters. The number of halogens is 1. The fourth-order valence-electron chi connectivity index (χ4n) is 1.93. The number of benzene rings is 1. The van der Waals surface area contributed by atoms with Gasteiger partial charge < -0.3 is 24.8 Å². The number of ether oxygens (including phenoxy) is 3. The first-order valence-electron chi connectivity index (χ1n) is 7.29. The predicted octanol–water partition coefficient (Wildman–Crippen LogP) is 1.80. The fraction of sp³-hybridized carbons (Fsp3) is 0.500. The number of guanidine groups is 1. The molecule has 1 atom stereocenters. The van der Waals surface area contributed by atoms with Crippen LogP contribution in [0.4, 0.5) is 0 Å². The number of nitrogens with zero attached hydrogens (tertiary/aromatic N) is 1. The van der Waals surface area contributed by atoms with Gasteiger partial charge in [-0.25, -0.2) is 0 Å². The molecular formula is C16H26IN3O4. The Labute approximate surface area is 160 Å². The highest BCUT2D eigenvalue weighted by atomic mass is 127. The Balaban J connectivity index is 0.00000529. The average Bonchev–Trinajstić information content (AvgIpc) is 2.60. The van der Waals surface area contributed by atoms with Crippen LogP contribution in [-0.4, -0.2) is 46.9 Å². The molecule has 0 saturated heterocycles. The van der Waals surface area contributed by atoms with Crippen LogP contribution in [-0.2, 0) is 16.1 Å². The molecule has 2 N–H and O–H groups in total. The number of aliphatic imine (C=N–C) groups is 1. The van der Waals surface area contributed by atoms with Gasteiger partial charge in [-0.3, -0.25) is 9.79 Å². The van der Waals surface area contributed by atoms with Crippen LogP contribution in [0.1, 0.15) is 12.5 Å². The molecule has 0 radical (unpaired) electrons. The third kappa shape index (κ3) is 6.81. The lowest BCUT2D eigenvalue weighted by Crippen LogP contribution is -2.40. The Hall–Kier alpha value is -1.71. The Morgan fingerprint density at radius 3 is 2.38 bits per heavy atom. The van der Waals surface area contributed by atoms with Crippen molar-refractivity contribution in [1.82, 2.24) is 10.6 Å². The van der Waals surface area contributed by atoms with E-state index in [9.17, 15) is 4.79 Å². The molecule has 0 amide bonds. The van der Waals surface area contributed by atoms with Crippen LogP contribution in [0, 0.1) is 5.92 Å². The van der Waals surface area contributed by atoms with Crippen molar-refractivity contribution in [3.05, 3.63) is 23.8 Å². The second kappa shape index (κ2) is 11.8. The normalized spacial score (nSPS) is 11.8. The van der Waals surface area contributed by atoms with Crippen LogP contribution >= 0.6 is 24.0 Å². The molecule has 0 spiro atoms. The molecule has 0 saturated carbocycles.